The Kier molecular flexibility index (Phi) is 3.34. The predicted octanol–water partition coefficient (Wildman–Crippen LogP) is 3.34. The van der Waals surface area contributed by atoms with Crippen LogP contribution >= 0.6 is 11.6 Å². The van der Waals surface area contributed by atoms with E-state index >= 15 is 0 Å². The third-order valence-electron chi connectivity index (χ3n) is 3.19. The van der Waals surface area contributed by atoms with Crippen molar-refractivity contribution in [2.45, 2.75) is 6.04 Å². The highest BCUT2D eigenvalue weighted by Gasteiger charge is 2.29. The lowest BCUT2D eigenvalue weighted by Gasteiger charge is -2.09. The minimum absolute atomic E-state index is 0.0499. The van der Waals surface area contributed by atoms with E-state index in [2.05, 4.69) is 10.6 Å². The van der Waals surface area contributed by atoms with Gasteiger partial charge in [0.2, 0.25) is 5.91 Å². The predicted molar refractivity (Wildman–Crippen MR) is 78.4 cm³/mol. The van der Waals surface area contributed by atoms with E-state index in [0.29, 0.717) is 16.5 Å². The summed E-state index contributed by atoms with van der Waals surface area (Å²) in [5, 5.41) is 6.47. The Bertz CT molecular complexity index is 655. The highest BCUT2D eigenvalue weighted by atomic mass is 35.5. The number of rotatable bonds is 3. The fraction of sp³-hybridized carbons (Fsp3) is 0.133. The Hall–Kier alpha value is -2.04. The van der Waals surface area contributed by atoms with Crippen LogP contribution in [0.2, 0.25) is 5.02 Å². The van der Waals surface area contributed by atoms with Gasteiger partial charge in [0.1, 0.15) is 17.5 Å². The lowest BCUT2D eigenvalue weighted by molar-refractivity contribution is -0.117. The molecule has 1 unspecified atom stereocenters. The highest BCUT2D eigenvalue weighted by molar-refractivity contribution is 6.30. The Morgan fingerprint density at radius 2 is 1.85 bits per heavy atom. The van der Waals surface area contributed by atoms with Gasteiger partial charge in [-0.05, 0) is 37.4 Å². The lowest BCUT2D eigenvalue weighted by atomic mass is 10.1. The SMILES string of the molecule is CNC1C(=O)Nc2cc(Oc3ccc(Cl)cc3)ccc21. The molecule has 1 heterocycles. The summed E-state index contributed by atoms with van der Waals surface area (Å²) in [6.07, 6.45) is 0. The molecule has 3 rings (SSSR count). The highest BCUT2D eigenvalue weighted by Crippen LogP contribution is 2.35. The van der Waals surface area contributed by atoms with Crippen molar-refractivity contribution in [3.8, 4) is 11.5 Å². The number of ether oxygens (including phenoxy) is 1. The molecule has 0 bridgehead atoms. The van der Waals surface area contributed by atoms with Gasteiger partial charge in [0.25, 0.3) is 0 Å². The summed E-state index contributed by atoms with van der Waals surface area (Å²) in [5.74, 6) is 1.32. The van der Waals surface area contributed by atoms with E-state index in [1.165, 1.54) is 0 Å². The van der Waals surface area contributed by atoms with Gasteiger partial charge < -0.3 is 15.4 Å². The molecular weight excluding hydrogens is 276 g/mol. The maximum atomic E-state index is 11.7. The number of anilines is 1. The van der Waals surface area contributed by atoms with Gasteiger partial charge in [0, 0.05) is 22.3 Å². The van der Waals surface area contributed by atoms with Crippen molar-refractivity contribution < 1.29 is 9.53 Å². The molecule has 5 heteroatoms. The lowest BCUT2D eigenvalue weighted by Crippen LogP contribution is -2.23. The summed E-state index contributed by atoms with van der Waals surface area (Å²) < 4.78 is 5.73. The van der Waals surface area contributed by atoms with E-state index in [-0.39, 0.29) is 11.9 Å². The third kappa shape index (κ3) is 2.35. The van der Waals surface area contributed by atoms with E-state index in [0.717, 1.165) is 11.3 Å². The molecule has 0 aliphatic carbocycles. The van der Waals surface area contributed by atoms with Crippen molar-refractivity contribution in [3.05, 3.63) is 53.1 Å². The number of amides is 1. The van der Waals surface area contributed by atoms with Crippen molar-refractivity contribution in [2.75, 3.05) is 12.4 Å². The summed E-state index contributed by atoms with van der Waals surface area (Å²) >= 11 is 5.83. The normalized spacial score (nSPS) is 16.7. The maximum absolute atomic E-state index is 11.7. The van der Waals surface area contributed by atoms with Crippen molar-refractivity contribution in [2.24, 2.45) is 0 Å². The Labute approximate surface area is 121 Å². The average molecular weight is 289 g/mol. The number of fused-ring (bicyclic) bond motifs is 1. The molecule has 4 nitrogen and oxygen atoms in total. The van der Waals surface area contributed by atoms with Crippen LogP contribution in [-0.2, 0) is 4.79 Å². The number of nitrogens with one attached hydrogen (secondary N) is 2. The van der Waals surface area contributed by atoms with E-state index in [9.17, 15) is 4.79 Å². The molecule has 1 aliphatic rings. The van der Waals surface area contributed by atoms with Crippen LogP contribution in [0.3, 0.4) is 0 Å². The molecule has 0 aromatic heterocycles. The molecule has 1 atom stereocenters. The van der Waals surface area contributed by atoms with Crippen LogP contribution in [0.25, 0.3) is 0 Å². The van der Waals surface area contributed by atoms with E-state index in [4.69, 9.17) is 16.3 Å². The minimum Gasteiger partial charge on any atom is -0.457 e. The first kappa shape index (κ1) is 13.0. The molecule has 2 aromatic rings. The van der Waals surface area contributed by atoms with Crippen LogP contribution in [-0.4, -0.2) is 13.0 Å². The maximum Gasteiger partial charge on any atom is 0.246 e. The summed E-state index contributed by atoms with van der Waals surface area (Å²) in [7, 11) is 1.76. The number of halogens is 1. The summed E-state index contributed by atoms with van der Waals surface area (Å²) in [6.45, 7) is 0. The van der Waals surface area contributed by atoms with Gasteiger partial charge in [-0.1, -0.05) is 17.7 Å². The van der Waals surface area contributed by atoms with Crippen LogP contribution in [0.4, 0.5) is 5.69 Å². The van der Waals surface area contributed by atoms with E-state index in [1.54, 1.807) is 31.3 Å². The third-order valence-corrected chi connectivity index (χ3v) is 3.45. The smallest absolute Gasteiger partial charge is 0.246 e. The average Bonchev–Trinajstić information content (AvgIpc) is 2.76. The standard InChI is InChI=1S/C15H13ClN2O2/c1-17-14-12-7-6-11(8-13(12)18-15(14)19)20-10-4-2-9(16)3-5-10/h2-8,14,17H,1H3,(H,18,19). The van der Waals surface area contributed by atoms with Gasteiger partial charge >= 0.3 is 0 Å². The molecular formula is C15H13ClN2O2. The van der Waals surface area contributed by atoms with E-state index in [1.807, 2.05) is 18.2 Å². The molecule has 2 aromatic carbocycles. The second kappa shape index (κ2) is 5.15. The Morgan fingerprint density at radius 1 is 1.15 bits per heavy atom. The van der Waals surface area contributed by atoms with Crippen LogP contribution < -0.4 is 15.4 Å². The van der Waals surface area contributed by atoms with Crippen molar-refractivity contribution in [1.29, 1.82) is 0 Å². The van der Waals surface area contributed by atoms with Gasteiger partial charge in [-0.15, -0.1) is 0 Å². The molecule has 20 heavy (non-hydrogen) atoms. The number of likely N-dealkylation sites (N-methyl/N-ethyl adjacent to an activating group) is 1. The zero-order valence-electron chi connectivity index (χ0n) is 10.8. The molecule has 1 amide bonds. The first-order valence-electron chi connectivity index (χ1n) is 6.23. The van der Waals surface area contributed by atoms with Gasteiger partial charge in [-0.3, -0.25) is 4.79 Å². The molecule has 0 spiro atoms. The zero-order chi connectivity index (χ0) is 14.1. The second-order valence-electron chi connectivity index (χ2n) is 4.52. The number of benzene rings is 2. The number of carbonyl (C=O) groups is 1. The first-order valence-corrected chi connectivity index (χ1v) is 6.60. The van der Waals surface area contributed by atoms with Crippen LogP contribution in [0.5, 0.6) is 11.5 Å². The van der Waals surface area contributed by atoms with Gasteiger partial charge in [-0.2, -0.15) is 0 Å². The molecule has 0 saturated heterocycles. The van der Waals surface area contributed by atoms with Crippen molar-refractivity contribution in [3.63, 3.8) is 0 Å². The molecule has 0 fully saturated rings. The topological polar surface area (TPSA) is 50.4 Å². The van der Waals surface area contributed by atoms with Crippen LogP contribution in [0.15, 0.2) is 42.5 Å². The molecule has 102 valence electrons. The summed E-state index contributed by atoms with van der Waals surface area (Å²) in [4.78, 5) is 11.7. The van der Waals surface area contributed by atoms with Crippen LogP contribution in [0, 0.1) is 0 Å². The fourth-order valence-corrected chi connectivity index (χ4v) is 2.36. The van der Waals surface area contributed by atoms with Crippen LogP contribution in [0.1, 0.15) is 11.6 Å². The van der Waals surface area contributed by atoms with Gasteiger partial charge in [0.05, 0.1) is 0 Å². The number of hydrogen-bond donors (Lipinski definition) is 2. The van der Waals surface area contributed by atoms with E-state index < -0.39 is 0 Å². The molecule has 1 aliphatic heterocycles. The quantitative estimate of drug-likeness (QED) is 0.911. The number of hydrogen-bond acceptors (Lipinski definition) is 3. The minimum atomic E-state index is -0.297. The second-order valence-corrected chi connectivity index (χ2v) is 4.95. The van der Waals surface area contributed by atoms with Gasteiger partial charge in [-0.25, -0.2) is 0 Å². The molecule has 0 saturated carbocycles. The number of carbonyl (C=O) groups excluding carboxylic acids is 1. The van der Waals surface area contributed by atoms with Gasteiger partial charge in [0.15, 0.2) is 0 Å². The first-order chi connectivity index (χ1) is 9.67. The summed E-state index contributed by atoms with van der Waals surface area (Å²) in [5.41, 5.74) is 1.71. The molecule has 2 N–H and O–H groups in total. The zero-order valence-corrected chi connectivity index (χ0v) is 11.6. The van der Waals surface area contributed by atoms with Crippen molar-refractivity contribution >= 4 is 23.2 Å². The summed E-state index contributed by atoms with van der Waals surface area (Å²) in [6, 6.07) is 12.4. The van der Waals surface area contributed by atoms with Crippen molar-refractivity contribution in [1.82, 2.24) is 5.32 Å². The Balaban J connectivity index is 1.85. The fourth-order valence-electron chi connectivity index (χ4n) is 2.23. The monoisotopic (exact) mass is 288 g/mol. The largest absolute Gasteiger partial charge is 0.457 e. The molecule has 0 radical (unpaired) electrons. The Morgan fingerprint density at radius 3 is 2.55 bits per heavy atom.